The first-order chi connectivity index (χ1) is 11.0. The molecule has 1 saturated carbocycles. The number of esters is 1. The maximum absolute atomic E-state index is 12.4. The molecule has 1 aliphatic rings. The molecule has 0 radical (unpaired) electrons. The second kappa shape index (κ2) is 10.7. The van der Waals surface area contributed by atoms with E-state index in [0.29, 0.717) is 31.6 Å². The molecule has 134 valence electrons. The van der Waals surface area contributed by atoms with Gasteiger partial charge in [0.05, 0.1) is 11.8 Å². The molecule has 0 aromatic heterocycles. The summed E-state index contributed by atoms with van der Waals surface area (Å²) in [6.07, 6.45) is 9.13. The minimum atomic E-state index is -0.732. The Morgan fingerprint density at radius 3 is 2.13 bits per heavy atom. The number of unbranched alkanes of at least 4 members (excludes halogenated alkanes) is 1. The molecular formula is C19H34O4. The Kier molecular flexibility index (Phi) is 9.27. The van der Waals surface area contributed by atoms with Crippen LogP contribution in [0.1, 0.15) is 85.0 Å². The summed E-state index contributed by atoms with van der Waals surface area (Å²) in [6.45, 7) is 6.49. The second-order valence-electron chi connectivity index (χ2n) is 7.01. The van der Waals surface area contributed by atoms with Crippen molar-refractivity contribution in [1.29, 1.82) is 0 Å². The maximum Gasteiger partial charge on any atom is 0.309 e. The zero-order valence-corrected chi connectivity index (χ0v) is 15.1. The van der Waals surface area contributed by atoms with Crippen molar-refractivity contribution in [1.82, 2.24) is 0 Å². The van der Waals surface area contributed by atoms with E-state index in [1.54, 1.807) is 0 Å². The Balaban J connectivity index is 2.42. The average molecular weight is 326 g/mol. The molecule has 1 fully saturated rings. The normalized spacial score (nSPS) is 24.0. The summed E-state index contributed by atoms with van der Waals surface area (Å²) in [6, 6.07) is 0. The van der Waals surface area contributed by atoms with Gasteiger partial charge in [-0.25, -0.2) is 0 Å². The van der Waals surface area contributed by atoms with E-state index in [2.05, 4.69) is 20.8 Å². The number of carboxylic acids is 1. The van der Waals surface area contributed by atoms with E-state index >= 15 is 0 Å². The molecule has 0 spiro atoms. The Bertz CT molecular complexity index is 358. The molecule has 0 heterocycles. The summed E-state index contributed by atoms with van der Waals surface area (Å²) in [5.41, 5.74) is 0. The topological polar surface area (TPSA) is 63.6 Å². The number of ether oxygens (including phenoxy) is 1. The van der Waals surface area contributed by atoms with Crippen molar-refractivity contribution in [2.75, 3.05) is 0 Å². The largest absolute Gasteiger partial charge is 0.481 e. The van der Waals surface area contributed by atoms with E-state index < -0.39 is 5.97 Å². The van der Waals surface area contributed by atoms with Crippen LogP contribution in [0.25, 0.3) is 0 Å². The summed E-state index contributed by atoms with van der Waals surface area (Å²) in [5.74, 6) is -0.582. The van der Waals surface area contributed by atoms with Crippen molar-refractivity contribution in [3.63, 3.8) is 0 Å². The number of carbonyl (C=O) groups excluding carboxylic acids is 1. The van der Waals surface area contributed by atoms with Crippen LogP contribution in [-0.2, 0) is 14.3 Å². The Morgan fingerprint density at radius 2 is 1.65 bits per heavy atom. The Labute approximate surface area is 141 Å². The third-order valence-corrected chi connectivity index (χ3v) is 5.29. The van der Waals surface area contributed by atoms with Gasteiger partial charge in [0.15, 0.2) is 0 Å². The van der Waals surface area contributed by atoms with E-state index in [4.69, 9.17) is 9.84 Å². The van der Waals surface area contributed by atoms with Gasteiger partial charge >= 0.3 is 11.9 Å². The summed E-state index contributed by atoms with van der Waals surface area (Å²) in [7, 11) is 0. The number of carbonyl (C=O) groups is 2. The third kappa shape index (κ3) is 6.92. The standard InChI is InChI=1S/C19H34O4/c1-4-7-8-14(5-2)13-17(6-3)23-19(22)16-11-9-15(10-12-16)18(20)21/h14-17H,4-13H2,1-3H3,(H,20,21). The number of carboxylic acid groups (broad SMARTS) is 1. The molecule has 2 unspecified atom stereocenters. The molecule has 1 rings (SSSR count). The van der Waals surface area contributed by atoms with Crippen LogP contribution in [0.5, 0.6) is 0 Å². The highest BCUT2D eigenvalue weighted by Gasteiger charge is 2.31. The zero-order valence-electron chi connectivity index (χ0n) is 15.1. The SMILES string of the molecule is CCCCC(CC)CC(CC)OC(=O)C1CCC(C(=O)O)CC1. The summed E-state index contributed by atoms with van der Waals surface area (Å²) in [4.78, 5) is 23.3. The molecule has 0 aromatic carbocycles. The van der Waals surface area contributed by atoms with Gasteiger partial charge in [-0.1, -0.05) is 46.5 Å². The van der Waals surface area contributed by atoms with Crippen LogP contribution < -0.4 is 0 Å². The summed E-state index contributed by atoms with van der Waals surface area (Å²) >= 11 is 0. The van der Waals surface area contributed by atoms with Crippen molar-refractivity contribution in [2.24, 2.45) is 17.8 Å². The van der Waals surface area contributed by atoms with Gasteiger partial charge in [0.2, 0.25) is 0 Å². The number of hydrogen-bond acceptors (Lipinski definition) is 3. The molecule has 1 N–H and O–H groups in total. The van der Waals surface area contributed by atoms with Crippen molar-refractivity contribution < 1.29 is 19.4 Å². The molecule has 0 amide bonds. The lowest BCUT2D eigenvalue weighted by Gasteiger charge is -2.28. The molecule has 0 bridgehead atoms. The van der Waals surface area contributed by atoms with Crippen molar-refractivity contribution >= 4 is 11.9 Å². The van der Waals surface area contributed by atoms with E-state index in [9.17, 15) is 9.59 Å². The van der Waals surface area contributed by atoms with Crippen molar-refractivity contribution in [2.45, 2.75) is 91.1 Å². The van der Waals surface area contributed by atoms with Gasteiger partial charge in [-0.2, -0.15) is 0 Å². The predicted molar refractivity (Wildman–Crippen MR) is 91.2 cm³/mol. The van der Waals surface area contributed by atoms with Gasteiger partial charge < -0.3 is 9.84 Å². The van der Waals surface area contributed by atoms with Crippen molar-refractivity contribution in [3.05, 3.63) is 0 Å². The average Bonchev–Trinajstić information content (AvgIpc) is 2.57. The molecule has 0 aliphatic heterocycles. The monoisotopic (exact) mass is 326 g/mol. The molecule has 4 nitrogen and oxygen atoms in total. The van der Waals surface area contributed by atoms with Gasteiger partial charge in [0, 0.05) is 0 Å². The fraction of sp³-hybridized carbons (Fsp3) is 0.895. The summed E-state index contributed by atoms with van der Waals surface area (Å²) in [5, 5.41) is 9.03. The molecular weight excluding hydrogens is 292 g/mol. The smallest absolute Gasteiger partial charge is 0.309 e. The molecule has 0 aromatic rings. The Hall–Kier alpha value is -1.06. The van der Waals surface area contributed by atoms with Crippen LogP contribution in [0.4, 0.5) is 0 Å². The van der Waals surface area contributed by atoms with Gasteiger partial charge in [-0.3, -0.25) is 9.59 Å². The molecule has 1 aliphatic carbocycles. The summed E-state index contributed by atoms with van der Waals surface area (Å²) < 4.78 is 5.76. The van der Waals surface area contributed by atoms with Crippen LogP contribution >= 0.6 is 0 Å². The first-order valence-corrected chi connectivity index (χ1v) is 9.44. The lowest BCUT2D eigenvalue weighted by molar-refractivity contribution is -0.158. The number of rotatable bonds is 10. The lowest BCUT2D eigenvalue weighted by atomic mass is 9.82. The molecule has 2 atom stereocenters. The zero-order chi connectivity index (χ0) is 17.2. The number of aliphatic carboxylic acids is 1. The van der Waals surface area contributed by atoms with Gasteiger partial charge in [-0.15, -0.1) is 0 Å². The fourth-order valence-electron chi connectivity index (χ4n) is 3.49. The van der Waals surface area contributed by atoms with Crippen molar-refractivity contribution in [3.8, 4) is 0 Å². The highest BCUT2D eigenvalue weighted by molar-refractivity contribution is 5.74. The van der Waals surface area contributed by atoms with Crippen LogP contribution in [-0.4, -0.2) is 23.1 Å². The van der Waals surface area contributed by atoms with Crippen LogP contribution in [0.15, 0.2) is 0 Å². The molecule has 0 saturated heterocycles. The van der Waals surface area contributed by atoms with Crippen LogP contribution in [0.2, 0.25) is 0 Å². The minimum absolute atomic E-state index is 0.0153. The van der Waals surface area contributed by atoms with Gasteiger partial charge in [0.1, 0.15) is 6.10 Å². The third-order valence-electron chi connectivity index (χ3n) is 5.29. The van der Waals surface area contributed by atoms with E-state index in [0.717, 1.165) is 19.3 Å². The maximum atomic E-state index is 12.4. The first-order valence-electron chi connectivity index (χ1n) is 9.44. The lowest BCUT2D eigenvalue weighted by Crippen LogP contribution is -2.30. The van der Waals surface area contributed by atoms with E-state index in [1.165, 1.54) is 19.3 Å². The predicted octanol–water partition coefficient (Wildman–Crippen LogP) is 4.81. The number of hydrogen-bond donors (Lipinski definition) is 1. The fourth-order valence-corrected chi connectivity index (χ4v) is 3.49. The second-order valence-corrected chi connectivity index (χ2v) is 7.01. The van der Waals surface area contributed by atoms with Gasteiger partial charge in [0.25, 0.3) is 0 Å². The van der Waals surface area contributed by atoms with Crippen LogP contribution in [0.3, 0.4) is 0 Å². The minimum Gasteiger partial charge on any atom is -0.481 e. The van der Waals surface area contributed by atoms with Gasteiger partial charge in [-0.05, 0) is 44.4 Å². The van der Waals surface area contributed by atoms with E-state index in [-0.39, 0.29) is 23.9 Å². The highest BCUT2D eigenvalue weighted by Crippen LogP contribution is 2.31. The van der Waals surface area contributed by atoms with Crippen LogP contribution in [0, 0.1) is 17.8 Å². The van der Waals surface area contributed by atoms with E-state index in [1.807, 2.05) is 0 Å². The molecule has 23 heavy (non-hydrogen) atoms. The highest BCUT2D eigenvalue weighted by atomic mass is 16.5. The molecule has 4 heteroatoms. The first kappa shape index (κ1) is 20.0. The Morgan fingerprint density at radius 1 is 1.04 bits per heavy atom. The quantitative estimate of drug-likeness (QED) is 0.585.